The molecule has 0 heterocycles. The Bertz CT molecular complexity index is 32.6. The number of rotatable bonds is 0. The van der Waals surface area contributed by atoms with Gasteiger partial charge in [0, 0.05) is 31.9 Å². The Morgan fingerprint density at radius 1 is 1.40 bits per heavy atom. The summed E-state index contributed by atoms with van der Waals surface area (Å²) in [4.78, 5) is 9.28. The second-order valence-electron chi connectivity index (χ2n) is 0.226. The van der Waals surface area contributed by atoms with E-state index >= 15 is 0 Å². The second-order valence-corrected chi connectivity index (χ2v) is 2.73. The quantitative estimate of drug-likeness (QED) is 0.585. The Hall–Kier alpha value is 1.32. The van der Waals surface area contributed by atoms with Crippen LogP contribution in [0.25, 0.3) is 0 Å². The first-order valence-electron chi connectivity index (χ1n) is 0.582. The van der Waals surface area contributed by atoms with Crippen molar-refractivity contribution in [2.24, 2.45) is 0 Å². The van der Waals surface area contributed by atoms with Crippen molar-refractivity contribution in [1.82, 2.24) is 0 Å². The maximum Gasteiger partial charge on any atom is 2.00 e. The van der Waals surface area contributed by atoms with Gasteiger partial charge in [0.2, 0.25) is 0 Å². The van der Waals surface area contributed by atoms with Gasteiger partial charge in [-0.15, -0.1) is 0 Å². The standard InChI is InChI=1S/CBr2O.Pt/c2-1(3)4;/q;+2. The summed E-state index contributed by atoms with van der Waals surface area (Å²) < 4.78 is -0.208. The van der Waals surface area contributed by atoms with Crippen LogP contribution in [-0.4, -0.2) is 3.60 Å². The van der Waals surface area contributed by atoms with Crippen LogP contribution < -0.4 is 0 Å². The molecule has 0 N–H and O–H groups in total. The van der Waals surface area contributed by atoms with Gasteiger partial charge in [0.25, 0.3) is 3.60 Å². The van der Waals surface area contributed by atoms with Gasteiger partial charge in [-0.05, 0) is 0 Å². The third-order valence-electron chi connectivity index (χ3n) is 0. The smallest absolute Gasteiger partial charge is 0.273 e. The van der Waals surface area contributed by atoms with Gasteiger partial charge >= 0.3 is 21.1 Å². The van der Waals surface area contributed by atoms with Crippen molar-refractivity contribution in [2.75, 3.05) is 0 Å². The monoisotopic (exact) mass is 381 g/mol. The molecule has 0 bridgehead atoms. The summed E-state index contributed by atoms with van der Waals surface area (Å²) in [5.74, 6) is 0. The van der Waals surface area contributed by atoms with Crippen molar-refractivity contribution in [2.45, 2.75) is 0 Å². The Morgan fingerprint density at radius 2 is 1.40 bits per heavy atom. The predicted octanol–water partition coefficient (Wildman–Crippen LogP) is 1.89. The molecule has 0 unspecified atom stereocenters. The normalized spacial score (nSPS) is 5.20. The van der Waals surface area contributed by atoms with Gasteiger partial charge in [-0.25, -0.2) is 0 Å². The topological polar surface area (TPSA) is 17.1 Å². The van der Waals surface area contributed by atoms with Crippen molar-refractivity contribution in [1.29, 1.82) is 0 Å². The van der Waals surface area contributed by atoms with Gasteiger partial charge in [0.1, 0.15) is 0 Å². The van der Waals surface area contributed by atoms with E-state index in [9.17, 15) is 4.79 Å². The largest absolute Gasteiger partial charge is 2.00 e. The molecule has 32 valence electrons. The molecule has 0 saturated heterocycles. The number of carbonyl (C=O) groups is 1. The van der Waals surface area contributed by atoms with Gasteiger partial charge in [-0.3, -0.25) is 4.79 Å². The molecule has 0 fully saturated rings. The van der Waals surface area contributed by atoms with Crippen LogP contribution in [0.15, 0.2) is 0 Å². The molecule has 0 aliphatic heterocycles. The molecule has 0 saturated carbocycles. The molecule has 4 heteroatoms. The van der Waals surface area contributed by atoms with E-state index in [0.717, 1.165) is 0 Å². The maximum atomic E-state index is 9.28. The zero-order chi connectivity index (χ0) is 3.58. The summed E-state index contributed by atoms with van der Waals surface area (Å²) in [6.07, 6.45) is 0. The molecule has 1 nitrogen and oxygen atoms in total. The number of halogens is 2. The average Bonchev–Trinajstić information content (AvgIpc) is 0.811. The summed E-state index contributed by atoms with van der Waals surface area (Å²) in [7, 11) is 0. The molecule has 0 aliphatic carbocycles. The minimum absolute atomic E-state index is 0. The zero-order valence-corrected chi connectivity index (χ0v) is 7.42. The Labute approximate surface area is 61.0 Å². The van der Waals surface area contributed by atoms with Crippen LogP contribution in [0.4, 0.5) is 4.79 Å². The predicted molar refractivity (Wildman–Crippen MR) is 23.2 cm³/mol. The van der Waals surface area contributed by atoms with E-state index in [-0.39, 0.29) is 24.7 Å². The van der Waals surface area contributed by atoms with Crippen molar-refractivity contribution in [3.63, 3.8) is 0 Å². The van der Waals surface area contributed by atoms with E-state index in [4.69, 9.17) is 0 Å². The Morgan fingerprint density at radius 3 is 1.40 bits per heavy atom. The van der Waals surface area contributed by atoms with Crippen molar-refractivity contribution < 1.29 is 25.9 Å². The van der Waals surface area contributed by atoms with Gasteiger partial charge in [-0.2, -0.15) is 0 Å². The first-order chi connectivity index (χ1) is 1.73. The van der Waals surface area contributed by atoms with Crippen LogP contribution in [0.5, 0.6) is 0 Å². The van der Waals surface area contributed by atoms with E-state index in [1.807, 2.05) is 0 Å². The first kappa shape index (κ1) is 9.58. The van der Waals surface area contributed by atoms with Crippen LogP contribution >= 0.6 is 31.9 Å². The summed E-state index contributed by atoms with van der Waals surface area (Å²) in [6, 6.07) is 0. The van der Waals surface area contributed by atoms with Crippen molar-refractivity contribution >= 4 is 35.5 Å². The molecule has 0 rings (SSSR count). The van der Waals surface area contributed by atoms with E-state index in [1.165, 1.54) is 0 Å². The van der Waals surface area contributed by atoms with E-state index in [0.29, 0.717) is 0 Å². The molecule has 0 aliphatic rings. The molecule has 5 heavy (non-hydrogen) atoms. The summed E-state index contributed by atoms with van der Waals surface area (Å²) in [5, 5.41) is 0. The van der Waals surface area contributed by atoms with Crippen LogP contribution in [-0.2, 0) is 21.1 Å². The van der Waals surface area contributed by atoms with Gasteiger partial charge < -0.3 is 0 Å². The van der Waals surface area contributed by atoms with Crippen LogP contribution in [0.1, 0.15) is 0 Å². The number of carbonyl (C=O) groups excluding carboxylic acids is 1. The maximum absolute atomic E-state index is 9.28. The molecule has 0 aromatic heterocycles. The third-order valence-corrected chi connectivity index (χ3v) is 0. The van der Waals surface area contributed by atoms with Crippen molar-refractivity contribution in [3.05, 3.63) is 0 Å². The summed E-state index contributed by atoms with van der Waals surface area (Å²) in [6.45, 7) is 0. The fourth-order valence-electron chi connectivity index (χ4n) is 0. The van der Waals surface area contributed by atoms with Crippen LogP contribution in [0, 0.1) is 0 Å². The zero-order valence-electron chi connectivity index (χ0n) is 1.98. The summed E-state index contributed by atoms with van der Waals surface area (Å²) >= 11 is 5.10. The second kappa shape index (κ2) is 5.32. The van der Waals surface area contributed by atoms with E-state index in [1.54, 1.807) is 0 Å². The summed E-state index contributed by atoms with van der Waals surface area (Å²) in [5.41, 5.74) is 0. The van der Waals surface area contributed by atoms with Gasteiger partial charge in [0.15, 0.2) is 0 Å². The fourth-order valence-corrected chi connectivity index (χ4v) is 0. The first-order valence-corrected chi connectivity index (χ1v) is 2.17. The number of hydrogen-bond donors (Lipinski definition) is 0. The minimum atomic E-state index is -0.208. The molecule has 0 radical (unpaired) electrons. The fraction of sp³-hybridized carbons (Fsp3) is 0. The van der Waals surface area contributed by atoms with Crippen LogP contribution in [0.2, 0.25) is 0 Å². The molecular formula is CBr2OPt+2. The number of hydrogen-bond acceptors (Lipinski definition) is 1. The van der Waals surface area contributed by atoms with Gasteiger partial charge in [-0.1, -0.05) is 0 Å². The molecular weight excluding hydrogens is 383 g/mol. The molecule has 0 aromatic carbocycles. The minimum Gasteiger partial charge on any atom is -0.273 e. The van der Waals surface area contributed by atoms with Crippen LogP contribution in [0.3, 0.4) is 0 Å². The third kappa shape index (κ3) is 33.7. The van der Waals surface area contributed by atoms with E-state index < -0.39 is 0 Å². The SMILES string of the molecule is O=C(Br)Br.[Pt+2]. The molecule has 0 amide bonds. The van der Waals surface area contributed by atoms with Gasteiger partial charge in [0.05, 0.1) is 0 Å². The Kier molecular flexibility index (Phi) is 10.2. The molecule has 0 aromatic rings. The Balaban J connectivity index is 0. The van der Waals surface area contributed by atoms with E-state index in [2.05, 4.69) is 31.9 Å². The average molecular weight is 383 g/mol. The van der Waals surface area contributed by atoms with Crippen molar-refractivity contribution in [3.8, 4) is 0 Å². The molecule has 0 atom stereocenters. The molecule has 0 spiro atoms.